The second kappa shape index (κ2) is 9.38. The largest absolute Gasteiger partial charge is 0.352 e. The van der Waals surface area contributed by atoms with E-state index in [4.69, 9.17) is 0 Å². The number of rotatable bonds is 7. The van der Waals surface area contributed by atoms with Crippen molar-refractivity contribution in [3.8, 4) is 5.69 Å². The molecule has 0 spiro atoms. The first kappa shape index (κ1) is 21.9. The Morgan fingerprint density at radius 3 is 2.45 bits per heavy atom. The molecule has 9 heteroatoms. The summed E-state index contributed by atoms with van der Waals surface area (Å²) >= 11 is 0. The van der Waals surface area contributed by atoms with Crippen molar-refractivity contribution in [2.75, 3.05) is 11.9 Å². The minimum absolute atomic E-state index is 0.0469. The summed E-state index contributed by atoms with van der Waals surface area (Å²) in [6.45, 7) is 1.85. The second-order valence-electron chi connectivity index (χ2n) is 6.97. The minimum Gasteiger partial charge on any atom is -0.352 e. The lowest BCUT2D eigenvalue weighted by atomic mass is 10.2. The highest BCUT2D eigenvalue weighted by Crippen LogP contribution is 2.14. The van der Waals surface area contributed by atoms with E-state index in [0.29, 0.717) is 17.4 Å². The smallest absolute Gasteiger partial charge is 0.295 e. The Hall–Kier alpha value is -3.75. The first-order chi connectivity index (χ1) is 14.8. The SMILES string of the molecule is Cc1c(NC(=O)CCCNC(=O)c2ccc(F)cc2F)c(=O)n(-c2ccccc2)n1C. The van der Waals surface area contributed by atoms with Crippen molar-refractivity contribution in [1.82, 2.24) is 14.7 Å². The molecular formula is C22H22F2N4O3. The molecule has 0 fully saturated rings. The molecule has 0 saturated carbocycles. The van der Waals surface area contributed by atoms with Gasteiger partial charge in [0.25, 0.3) is 11.5 Å². The van der Waals surface area contributed by atoms with Gasteiger partial charge in [-0.1, -0.05) is 18.2 Å². The van der Waals surface area contributed by atoms with Crippen LogP contribution in [0.15, 0.2) is 53.3 Å². The van der Waals surface area contributed by atoms with Gasteiger partial charge in [-0.25, -0.2) is 13.5 Å². The number of hydrogen-bond acceptors (Lipinski definition) is 3. The first-order valence-corrected chi connectivity index (χ1v) is 9.66. The number of nitrogens with one attached hydrogen (secondary N) is 2. The second-order valence-corrected chi connectivity index (χ2v) is 6.97. The molecule has 162 valence electrons. The highest BCUT2D eigenvalue weighted by molar-refractivity contribution is 5.94. The number of para-hydroxylation sites is 1. The van der Waals surface area contributed by atoms with Crippen LogP contribution in [0.5, 0.6) is 0 Å². The van der Waals surface area contributed by atoms with E-state index >= 15 is 0 Å². The third-order valence-corrected chi connectivity index (χ3v) is 4.86. The Kier molecular flexibility index (Phi) is 6.64. The van der Waals surface area contributed by atoms with Gasteiger partial charge in [0.2, 0.25) is 5.91 Å². The molecule has 0 saturated heterocycles. The van der Waals surface area contributed by atoms with Crippen molar-refractivity contribution in [1.29, 1.82) is 0 Å². The highest BCUT2D eigenvalue weighted by atomic mass is 19.1. The third-order valence-electron chi connectivity index (χ3n) is 4.86. The molecule has 31 heavy (non-hydrogen) atoms. The van der Waals surface area contributed by atoms with E-state index in [9.17, 15) is 23.2 Å². The molecule has 0 atom stereocenters. The lowest BCUT2D eigenvalue weighted by molar-refractivity contribution is -0.116. The van der Waals surface area contributed by atoms with Crippen LogP contribution >= 0.6 is 0 Å². The van der Waals surface area contributed by atoms with Crippen LogP contribution in [-0.2, 0) is 11.8 Å². The van der Waals surface area contributed by atoms with Crippen LogP contribution in [0.2, 0.25) is 0 Å². The maximum atomic E-state index is 13.6. The van der Waals surface area contributed by atoms with Crippen LogP contribution in [0.1, 0.15) is 28.9 Å². The average molecular weight is 428 g/mol. The molecule has 0 aliphatic rings. The van der Waals surface area contributed by atoms with Gasteiger partial charge in [0, 0.05) is 26.1 Å². The van der Waals surface area contributed by atoms with Crippen LogP contribution in [-0.4, -0.2) is 27.7 Å². The Bertz CT molecular complexity index is 1170. The zero-order valence-corrected chi connectivity index (χ0v) is 17.1. The summed E-state index contributed by atoms with van der Waals surface area (Å²) in [5, 5.41) is 5.12. The summed E-state index contributed by atoms with van der Waals surface area (Å²) in [7, 11) is 1.73. The van der Waals surface area contributed by atoms with Gasteiger partial charge in [0.15, 0.2) is 0 Å². The van der Waals surface area contributed by atoms with Crippen LogP contribution in [0.3, 0.4) is 0 Å². The van der Waals surface area contributed by atoms with E-state index < -0.39 is 17.5 Å². The average Bonchev–Trinajstić information content (AvgIpc) is 2.95. The molecule has 0 radical (unpaired) electrons. The van der Waals surface area contributed by atoms with Gasteiger partial charge in [-0.05, 0) is 37.6 Å². The fourth-order valence-electron chi connectivity index (χ4n) is 3.13. The number of hydrogen-bond donors (Lipinski definition) is 2. The summed E-state index contributed by atoms with van der Waals surface area (Å²) in [6.07, 6.45) is 0.324. The molecule has 7 nitrogen and oxygen atoms in total. The van der Waals surface area contributed by atoms with Crippen molar-refractivity contribution >= 4 is 17.5 Å². The summed E-state index contributed by atoms with van der Waals surface area (Å²) < 4.78 is 29.7. The molecule has 0 unspecified atom stereocenters. The number of carbonyl (C=O) groups is 2. The van der Waals surface area contributed by atoms with Crippen LogP contribution in [0, 0.1) is 18.6 Å². The summed E-state index contributed by atoms with van der Waals surface area (Å²) in [4.78, 5) is 37.0. The number of aromatic nitrogens is 2. The number of carbonyl (C=O) groups excluding carboxylic acids is 2. The predicted molar refractivity (Wildman–Crippen MR) is 112 cm³/mol. The van der Waals surface area contributed by atoms with Gasteiger partial charge in [0.05, 0.1) is 16.9 Å². The molecule has 3 rings (SSSR count). The van der Waals surface area contributed by atoms with Crippen molar-refractivity contribution in [3.63, 3.8) is 0 Å². The normalized spacial score (nSPS) is 10.7. The Labute approximate surface area is 177 Å². The summed E-state index contributed by atoms with van der Waals surface area (Å²) in [6, 6.07) is 11.7. The zero-order valence-electron chi connectivity index (χ0n) is 17.1. The Balaban J connectivity index is 1.57. The van der Waals surface area contributed by atoms with Crippen molar-refractivity contribution in [3.05, 3.63) is 81.8 Å². The number of amides is 2. The van der Waals surface area contributed by atoms with Crippen molar-refractivity contribution in [2.24, 2.45) is 7.05 Å². The Morgan fingerprint density at radius 1 is 1.06 bits per heavy atom. The van der Waals surface area contributed by atoms with E-state index in [2.05, 4.69) is 10.6 Å². The lowest BCUT2D eigenvalue weighted by Gasteiger charge is -2.07. The molecule has 0 aliphatic heterocycles. The number of halogens is 2. The van der Waals surface area contributed by atoms with Crippen molar-refractivity contribution < 1.29 is 18.4 Å². The third kappa shape index (κ3) is 4.88. The first-order valence-electron chi connectivity index (χ1n) is 9.66. The molecule has 1 heterocycles. The molecule has 1 aromatic heterocycles. The predicted octanol–water partition coefficient (Wildman–Crippen LogP) is 2.91. The topological polar surface area (TPSA) is 85.1 Å². The van der Waals surface area contributed by atoms with E-state index in [0.717, 1.165) is 12.1 Å². The fraction of sp³-hybridized carbons (Fsp3) is 0.227. The van der Waals surface area contributed by atoms with Crippen LogP contribution in [0.4, 0.5) is 14.5 Å². The lowest BCUT2D eigenvalue weighted by Crippen LogP contribution is -2.27. The van der Waals surface area contributed by atoms with Gasteiger partial charge in [0.1, 0.15) is 17.3 Å². The maximum absolute atomic E-state index is 13.6. The zero-order chi connectivity index (χ0) is 22.5. The van der Waals surface area contributed by atoms with E-state index in [1.807, 2.05) is 18.2 Å². The molecule has 2 amide bonds. The van der Waals surface area contributed by atoms with E-state index in [-0.39, 0.29) is 42.1 Å². The standard InChI is InChI=1S/C22H22F2N4O3/c1-14-20(22(31)28(27(14)2)16-7-4-3-5-8-16)26-19(29)9-6-12-25-21(30)17-11-10-15(23)13-18(17)24/h3-5,7-8,10-11,13H,6,9,12H2,1-2H3,(H,25,30)(H,26,29). The van der Waals surface area contributed by atoms with Crippen LogP contribution < -0.4 is 16.2 Å². The molecule has 3 aromatic rings. The van der Waals surface area contributed by atoms with Gasteiger partial charge in [-0.2, -0.15) is 0 Å². The van der Waals surface area contributed by atoms with E-state index in [1.54, 1.807) is 30.8 Å². The summed E-state index contributed by atoms with van der Waals surface area (Å²) in [5.41, 5.74) is 0.845. The molecule has 0 bridgehead atoms. The van der Waals surface area contributed by atoms with E-state index in [1.165, 1.54) is 4.68 Å². The highest BCUT2D eigenvalue weighted by Gasteiger charge is 2.18. The molecule has 2 N–H and O–H groups in total. The molecule has 2 aromatic carbocycles. The van der Waals surface area contributed by atoms with Crippen molar-refractivity contribution in [2.45, 2.75) is 19.8 Å². The van der Waals surface area contributed by atoms with Gasteiger partial charge in [-0.3, -0.25) is 19.1 Å². The fourth-order valence-corrected chi connectivity index (χ4v) is 3.13. The minimum atomic E-state index is -0.954. The Morgan fingerprint density at radius 2 is 1.77 bits per heavy atom. The number of benzene rings is 2. The maximum Gasteiger partial charge on any atom is 0.295 e. The number of nitrogens with zero attached hydrogens (tertiary/aromatic N) is 2. The summed E-state index contributed by atoms with van der Waals surface area (Å²) in [5.74, 6) is -2.80. The molecular weight excluding hydrogens is 406 g/mol. The van der Waals surface area contributed by atoms with Gasteiger partial charge in [-0.15, -0.1) is 0 Å². The van der Waals surface area contributed by atoms with Gasteiger partial charge >= 0.3 is 0 Å². The monoisotopic (exact) mass is 428 g/mol. The molecule has 0 aliphatic carbocycles. The number of anilines is 1. The van der Waals surface area contributed by atoms with Crippen LogP contribution in [0.25, 0.3) is 5.69 Å². The van der Waals surface area contributed by atoms with Gasteiger partial charge < -0.3 is 10.6 Å². The quantitative estimate of drug-likeness (QED) is 0.568.